The van der Waals surface area contributed by atoms with E-state index in [1.165, 1.54) is 0 Å². The number of amides is 1. The van der Waals surface area contributed by atoms with Gasteiger partial charge in [-0.1, -0.05) is 40.2 Å². The molecule has 0 atom stereocenters. The van der Waals surface area contributed by atoms with Gasteiger partial charge >= 0.3 is 0 Å². The monoisotopic (exact) mass is 351 g/mol. The third kappa shape index (κ3) is 5.76. The Labute approximate surface area is 135 Å². The van der Waals surface area contributed by atoms with Gasteiger partial charge in [-0.15, -0.1) is 0 Å². The number of benzene rings is 1. The molecule has 0 saturated carbocycles. The number of ether oxygens (including phenoxy) is 1. The van der Waals surface area contributed by atoms with E-state index >= 15 is 0 Å². The zero-order valence-electron chi connectivity index (χ0n) is 13.0. The van der Waals surface area contributed by atoms with Crippen LogP contribution in [0.3, 0.4) is 0 Å². The zero-order chi connectivity index (χ0) is 15.9. The maximum atomic E-state index is 12.5. The maximum absolute atomic E-state index is 12.5. The van der Waals surface area contributed by atoms with Crippen molar-refractivity contribution in [3.8, 4) is 5.75 Å². The largest absolute Gasteiger partial charge is 0.497 e. The molecule has 0 saturated heterocycles. The van der Waals surface area contributed by atoms with Gasteiger partial charge < -0.3 is 9.64 Å². The Hall–Kier alpha value is -1.55. The Balaban J connectivity index is 2.92. The van der Waals surface area contributed by atoms with Crippen molar-refractivity contribution >= 4 is 21.8 Å². The molecular weight excluding hydrogens is 330 g/mol. The molecule has 0 aliphatic carbocycles. The van der Waals surface area contributed by atoms with Crippen molar-refractivity contribution in [1.82, 2.24) is 4.90 Å². The number of allylic oxidation sites excluding steroid dienone is 3. The lowest BCUT2D eigenvalue weighted by Crippen LogP contribution is -2.38. The summed E-state index contributed by atoms with van der Waals surface area (Å²) in [6.45, 7) is 6.15. The normalized spacial score (nSPS) is 12.0. The van der Waals surface area contributed by atoms with E-state index in [2.05, 4.69) is 15.9 Å². The van der Waals surface area contributed by atoms with Crippen molar-refractivity contribution in [2.45, 2.75) is 31.6 Å². The molecule has 0 heterocycles. The molecule has 0 radical (unpaired) electrons. The van der Waals surface area contributed by atoms with Gasteiger partial charge in [0.05, 0.1) is 18.0 Å². The fourth-order valence-electron chi connectivity index (χ4n) is 1.73. The number of hydrogen-bond donors (Lipinski definition) is 0. The quantitative estimate of drug-likeness (QED) is 0.565. The molecule has 0 N–H and O–H groups in total. The van der Waals surface area contributed by atoms with Gasteiger partial charge in [0.25, 0.3) is 0 Å². The SMILES string of the molecule is C/C=C/C=C/N(Cc1ccc(OC)cc1)C(=O)C(C)(C)Br. The van der Waals surface area contributed by atoms with Crippen LogP contribution < -0.4 is 4.74 Å². The molecule has 0 aliphatic heterocycles. The van der Waals surface area contributed by atoms with E-state index in [0.29, 0.717) is 6.54 Å². The van der Waals surface area contributed by atoms with E-state index < -0.39 is 4.32 Å². The Bertz CT molecular complexity index is 513. The molecule has 1 aromatic carbocycles. The van der Waals surface area contributed by atoms with Crippen LogP contribution >= 0.6 is 15.9 Å². The van der Waals surface area contributed by atoms with Crippen LogP contribution in [0.15, 0.2) is 48.7 Å². The van der Waals surface area contributed by atoms with Crippen LogP contribution in [-0.2, 0) is 11.3 Å². The van der Waals surface area contributed by atoms with Gasteiger partial charge in [0.15, 0.2) is 0 Å². The van der Waals surface area contributed by atoms with Gasteiger partial charge in [-0.2, -0.15) is 0 Å². The molecule has 1 rings (SSSR count). The van der Waals surface area contributed by atoms with Crippen molar-refractivity contribution in [3.05, 3.63) is 54.3 Å². The van der Waals surface area contributed by atoms with Crippen LogP contribution in [-0.4, -0.2) is 22.2 Å². The van der Waals surface area contributed by atoms with Crippen molar-refractivity contribution < 1.29 is 9.53 Å². The second-order valence-corrected chi connectivity index (χ2v) is 7.10. The highest BCUT2D eigenvalue weighted by Crippen LogP contribution is 2.21. The summed E-state index contributed by atoms with van der Waals surface area (Å²) in [5.74, 6) is 0.820. The molecule has 0 unspecified atom stereocenters. The van der Waals surface area contributed by atoms with Crippen molar-refractivity contribution in [2.24, 2.45) is 0 Å². The predicted molar refractivity (Wildman–Crippen MR) is 90.5 cm³/mol. The fraction of sp³-hybridized carbons (Fsp3) is 0.353. The van der Waals surface area contributed by atoms with Gasteiger partial charge in [0, 0.05) is 6.20 Å². The van der Waals surface area contributed by atoms with Gasteiger partial charge in [-0.25, -0.2) is 0 Å². The molecule has 3 nitrogen and oxygen atoms in total. The Morgan fingerprint density at radius 3 is 2.38 bits per heavy atom. The van der Waals surface area contributed by atoms with Gasteiger partial charge in [0.2, 0.25) is 5.91 Å². The van der Waals surface area contributed by atoms with Crippen molar-refractivity contribution in [2.75, 3.05) is 7.11 Å². The molecule has 0 aliphatic rings. The van der Waals surface area contributed by atoms with Crippen LogP contribution in [0.2, 0.25) is 0 Å². The van der Waals surface area contributed by atoms with Crippen LogP contribution in [0.1, 0.15) is 26.3 Å². The summed E-state index contributed by atoms with van der Waals surface area (Å²) >= 11 is 3.43. The summed E-state index contributed by atoms with van der Waals surface area (Å²) in [4.78, 5) is 14.2. The molecular formula is C17H22BrNO2. The summed E-state index contributed by atoms with van der Waals surface area (Å²) in [7, 11) is 1.64. The van der Waals surface area contributed by atoms with Crippen LogP contribution in [0.5, 0.6) is 5.75 Å². The number of nitrogens with zero attached hydrogens (tertiary/aromatic N) is 1. The lowest BCUT2D eigenvalue weighted by Gasteiger charge is -2.25. The molecule has 0 aromatic heterocycles. The zero-order valence-corrected chi connectivity index (χ0v) is 14.6. The van der Waals surface area contributed by atoms with Crippen LogP contribution in [0.4, 0.5) is 0 Å². The predicted octanol–water partition coefficient (Wildman–Crippen LogP) is 4.29. The number of alkyl halides is 1. The number of methoxy groups -OCH3 is 1. The minimum atomic E-state index is -0.597. The highest BCUT2D eigenvalue weighted by atomic mass is 79.9. The number of hydrogen-bond acceptors (Lipinski definition) is 2. The third-order valence-corrected chi connectivity index (χ3v) is 3.19. The lowest BCUT2D eigenvalue weighted by atomic mass is 10.1. The van der Waals surface area contributed by atoms with Gasteiger partial charge in [-0.05, 0) is 44.5 Å². The minimum Gasteiger partial charge on any atom is -0.497 e. The van der Waals surface area contributed by atoms with E-state index in [-0.39, 0.29) is 5.91 Å². The average Bonchev–Trinajstić information content (AvgIpc) is 2.45. The highest BCUT2D eigenvalue weighted by molar-refractivity contribution is 9.10. The average molecular weight is 352 g/mol. The first-order valence-electron chi connectivity index (χ1n) is 6.81. The topological polar surface area (TPSA) is 29.5 Å². The van der Waals surface area contributed by atoms with Gasteiger partial charge in [-0.3, -0.25) is 4.79 Å². The molecule has 1 aromatic rings. The van der Waals surface area contributed by atoms with E-state index in [1.54, 1.807) is 18.2 Å². The van der Waals surface area contributed by atoms with E-state index in [0.717, 1.165) is 11.3 Å². The van der Waals surface area contributed by atoms with Gasteiger partial charge in [0.1, 0.15) is 5.75 Å². The fourth-order valence-corrected chi connectivity index (χ4v) is 1.95. The molecule has 21 heavy (non-hydrogen) atoms. The first kappa shape index (κ1) is 17.5. The summed E-state index contributed by atoms with van der Waals surface area (Å²) in [6, 6.07) is 7.72. The minimum absolute atomic E-state index is 0.0130. The van der Waals surface area contributed by atoms with Crippen molar-refractivity contribution in [1.29, 1.82) is 0 Å². The maximum Gasteiger partial charge on any atom is 0.243 e. The number of rotatable bonds is 6. The second kappa shape index (κ2) is 8.03. The first-order valence-corrected chi connectivity index (χ1v) is 7.60. The number of carbonyl (C=O) groups excluding carboxylic acids is 1. The summed E-state index contributed by atoms with van der Waals surface area (Å²) in [5.41, 5.74) is 1.05. The number of halogens is 1. The molecule has 0 fully saturated rings. The third-order valence-electron chi connectivity index (χ3n) is 2.85. The molecule has 0 spiro atoms. The number of carbonyl (C=O) groups is 1. The standard InChI is InChI=1S/C17H22BrNO2/c1-5-6-7-12-19(16(20)17(2,3)18)13-14-8-10-15(21-4)11-9-14/h5-12H,13H2,1-4H3/b6-5+,12-7+. The Kier molecular flexibility index (Phi) is 6.69. The van der Waals surface area contributed by atoms with E-state index in [4.69, 9.17) is 4.74 Å². The van der Waals surface area contributed by atoms with Crippen molar-refractivity contribution in [3.63, 3.8) is 0 Å². The van der Waals surface area contributed by atoms with E-state index in [9.17, 15) is 4.79 Å². The molecule has 114 valence electrons. The highest BCUT2D eigenvalue weighted by Gasteiger charge is 2.28. The summed E-state index contributed by atoms with van der Waals surface area (Å²) in [6.07, 6.45) is 7.48. The molecule has 4 heteroatoms. The Morgan fingerprint density at radius 1 is 1.29 bits per heavy atom. The Morgan fingerprint density at radius 2 is 1.90 bits per heavy atom. The van der Waals surface area contributed by atoms with Crippen LogP contribution in [0, 0.1) is 0 Å². The van der Waals surface area contributed by atoms with E-state index in [1.807, 2.05) is 63.3 Å². The van der Waals surface area contributed by atoms with Crippen LogP contribution in [0.25, 0.3) is 0 Å². The molecule has 0 bridgehead atoms. The lowest BCUT2D eigenvalue weighted by molar-refractivity contribution is -0.130. The summed E-state index contributed by atoms with van der Waals surface area (Å²) in [5, 5.41) is 0. The smallest absolute Gasteiger partial charge is 0.243 e. The first-order chi connectivity index (χ1) is 9.88. The second-order valence-electron chi connectivity index (χ2n) is 5.12. The molecule has 1 amide bonds. The summed E-state index contributed by atoms with van der Waals surface area (Å²) < 4.78 is 4.55.